The maximum atomic E-state index is 11.1. The van der Waals surface area contributed by atoms with E-state index >= 15 is 0 Å². The second-order valence-electron chi connectivity index (χ2n) is 2.25. The van der Waals surface area contributed by atoms with Crippen LogP contribution in [0.25, 0.3) is 0 Å². The van der Waals surface area contributed by atoms with E-state index in [4.69, 9.17) is 4.74 Å². The molecule has 0 aromatic carbocycles. The quantitative estimate of drug-likeness (QED) is 0.534. The normalized spacial score (nSPS) is 26.7. The van der Waals surface area contributed by atoms with Gasteiger partial charge in [-0.05, 0) is 6.08 Å². The summed E-state index contributed by atoms with van der Waals surface area (Å²) in [6.07, 6.45) is 5.99. The van der Waals surface area contributed by atoms with E-state index in [0.29, 0.717) is 5.70 Å². The molecule has 2 rings (SSSR count). The molecule has 11 heavy (non-hydrogen) atoms. The molecular formula is C7H6N2O2. The Morgan fingerprint density at radius 3 is 3.36 bits per heavy atom. The monoisotopic (exact) mass is 150 g/mol. The van der Waals surface area contributed by atoms with E-state index in [1.54, 1.807) is 6.08 Å². The van der Waals surface area contributed by atoms with Gasteiger partial charge in [-0.15, -0.1) is 0 Å². The molecule has 2 heterocycles. The first-order valence-corrected chi connectivity index (χ1v) is 3.23. The van der Waals surface area contributed by atoms with Gasteiger partial charge in [0.2, 0.25) is 5.91 Å². The number of fused-ring (bicyclic) bond motifs is 1. The Bertz CT molecular complexity index is 278. The first kappa shape index (κ1) is 6.15. The average Bonchev–Trinajstić information content (AvgIpc) is 2.06. The van der Waals surface area contributed by atoms with Crippen molar-refractivity contribution in [1.29, 1.82) is 0 Å². The van der Waals surface area contributed by atoms with E-state index < -0.39 is 0 Å². The minimum Gasteiger partial charge on any atom is -0.471 e. The fourth-order valence-electron chi connectivity index (χ4n) is 0.997. The highest BCUT2D eigenvalue weighted by Crippen LogP contribution is 2.20. The van der Waals surface area contributed by atoms with E-state index in [1.807, 2.05) is 0 Å². The van der Waals surface area contributed by atoms with Gasteiger partial charge in [0, 0.05) is 0 Å². The summed E-state index contributed by atoms with van der Waals surface area (Å²) >= 11 is 0. The molecule has 0 fully saturated rings. The molecule has 0 radical (unpaired) electrons. The van der Waals surface area contributed by atoms with Crippen LogP contribution in [0.1, 0.15) is 0 Å². The van der Waals surface area contributed by atoms with Crippen molar-refractivity contribution < 1.29 is 9.53 Å². The van der Waals surface area contributed by atoms with Crippen molar-refractivity contribution in [1.82, 2.24) is 5.32 Å². The van der Waals surface area contributed by atoms with Gasteiger partial charge in [0.25, 0.3) is 0 Å². The molecule has 1 N–H and O–H groups in total. The molecule has 1 amide bonds. The number of amides is 1. The van der Waals surface area contributed by atoms with Crippen LogP contribution < -0.4 is 5.32 Å². The van der Waals surface area contributed by atoms with E-state index in [9.17, 15) is 4.79 Å². The van der Waals surface area contributed by atoms with E-state index in [-0.39, 0.29) is 11.8 Å². The number of hydrogen-bond acceptors (Lipinski definition) is 3. The molecule has 4 heteroatoms. The van der Waals surface area contributed by atoms with Gasteiger partial charge in [-0.2, -0.15) is 0 Å². The van der Waals surface area contributed by atoms with Crippen molar-refractivity contribution in [2.75, 3.05) is 0 Å². The minimum atomic E-state index is -0.270. The average molecular weight is 150 g/mol. The zero-order valence-corrected chi connectivity index (χ0v) is 5.65. The van der Waals surface area contributed by atoms with Crippen LogP contribution in [0.4, 0.5) is 0 Å². The van der Waals surface area contributed by atoms with Crippen LogP contribution >= 0.6 is 0 Å². The summed E-state index contributed by atoms with van der Waals surface area (Å²) in [6, 6.07) is 0. The van der Waals surface area contributed by atoms with Gasteiger partial charge >= 0.3 is 0 Å². The summed E-state index contributed by atoms with van der Waals surface area (Å²) in [7, 11) is 0. The van der Waals surface area contributed by atoms with Gasteiger partial charge < -0.3 is 10.1 Å². The summed E-state index contributed by atoms with van der Waals surface area (Å²) < 4.78 is 4.85. The molecule has 1 atom stereocenters. The third-order valence-electron chi connectivity index (χ3n) is 1.56. The maximum Gasteiger partial charge on any atom is 0.238 e. The zero-order chi connectivity index (χ0) is 7.68. The standard InChI is InChI=1S/C7H6N2O2/c10-7-5-1-2-11-3-6(5)8-4-9-7/h1-5H,(H,8,9,10). The Morgan fingerprint density at radius 2 is 2.55 bits per heavy atom. The van der Waals surface area contributed by atoms with E-state index in [1.165, 1.54) is 18.9 Å². The predicted octanol–water partition coefficient (Wildman–Crippen LogP) is 0.146. The molecule has 0 spiro atoms. The summed E-state index contributed by atoms with van der Waals surface area (Å²) in [4.78, 5) is 15.0. The number of carbonyl (C=O) groups excluding carboxylic acids is 1. The second kappa shape index (κ2) is 2.23. The first-order chi connectivity index (χ1) is 5.38. The summed E-state index contributed by atoms with van der Waals surface area (Å²) in [5, 5.41) is 2.50. The molecule has 0 aromatic rings. The third kappa shape index (κ3) is 0.920. The Balaban J connectivity index is 2.36. The topological polar surface area (TPSA) is 50.7 Å². The Labute approximate surface area is 63.3 Å². The SMILES string of the molecule is O=C1NC=NC2=COC=CC12. The van der Waals surface area contributed by atoms with Crippen molar-refractivity contribution in [3.8, 4) is 0 Å². The molecule has 4 nitrogen and oxygen atoms in total. The largest absolute Gasteiger partial charge is 0.471 e. The fraction of sp³-hybridized carbons (Fsp3) is 0.143. The Morgan fingerprint density at radius 1 is 1.64 bits per heavy atom. The minimum absolute atomic E-state index is 0.0641. The van der Waals surface area contributed by atoms with Gasteiger partial charge in [0.05, 0.1) is 18.3 Å². The van der Waals surface area contributed by atoms with Crippen LogP contribution in [-0.2, 0) is 9.53 Å². The smallest absolute Gasteiger partial charge is 0.238 e. The van der Waals surface area contributed by atoms with Gasteiger partial charge in [0.1, 0.15) is 12.2 Å². The van der Waals surface area contributed by atoms with Gasteiger partial charge in [-0.3, -0.25) is 4.79 Å². The van der Waals surface area contributed by atoms with Crippen LogP contribution in [0.5, 0.6) is 0 Å². The number of ether oxygens (including phenoxy) is 1. The highest BCUT2D eigenvalue weighted by Gasteiger charge is 2.24. The van der Waals surface area contributed by atoms with Crippen molar-refractivity contribution in [2.24, 2.45) is 10.9 Å². The molecule has 2 aliphatic rings. The van der Waals surface area contributed by atoms with Crippen LogP contribution in [0.3, 0.4) is 0 Å². The van der Waals surface area contributed by atoms with Crippen molar-refractivity contribution >= 4 is 12.2 Å². The molecule has 0 saturated carbocycles. The summed E-state index contributed by atoms with van der Waals surface area (Å²) in [5.74, 6) is -0.334. The van der Waals surface area contributed by atoms with Crippen molar-refractivity contribution in [3.63, 3.8) is 0 Å². The molecule has 0 aromatic heterocycles. The molecule has 1 unspecified atom stereocenters. The van der Waals surface area contributed by atoms with Gasteiger partial charge in [-0.1, -0.05) is 0 Å². The lowest BCUT2D eigenvalue weighted by Gasteiger charge is -2.18. The summed E-state index contributed by atoms with van der Waals surface area (Å²) in [5.41, 5.74) is 0.649. The molecule has 0 saturated heterocycles. The highest BCUT2D eigenvalue weighted by molar-refractivity contribution is 5.94. The molecule has 2 aliphatic heterocycles. The van der Waals surface area contributed by atoms with Crippen LogP contribution in [-0.4, -0.2) is 12.2 Å². The second-order valence-corrected chi connectivity index (χ2v) is 2.25. The van der Waals surface area contributed by atoms with Gasteiger partial charge in [-0.25, -0.2) is 4.99 Å². The Kier molecular flexibility index (Phi) is 1.25. The van der Waals surface area contributed by atoms with Crippen LogP contribution in [0.2, 0.25) is 0 Å². The maximum absolute atomic E-state index is 11.1. The summed E-state index contributed by atoms with van der Waals surface area (Å²) in [6.45, 7) is 0. The lowest BCUT2D eigenvalue weighted by atomic mass is 10.0. The lowest BCUT2D eigenvalue weighted by Crippen LogP contribution is -2.33. The van der Waals surface area contributed by atoms with Crippen LogP contribution in [0.15, 0.2) is 29.3 Å². The number of rotatable bonds is 0. The number of nitrogens with zero attached hydrogens (tertiary/aromatic N) is 1. The Hall–Kier alpha value is -1.58. The van der Waals surface area contributed by atoms with Gasteiger partial charge in [0.15, 0.2) is 0 Å². The predicted molar refractivity (Wildman–Crippen MR) is 38.4 cm³/mol. The number of aliphatic imine (C=N–C) groups is 1. The van der Waals surface area contributed by atoms with Crippen molar-refractivity contribution in [2.45, 2.75) is 0 Å². The highest BCUT2D eigenvalue weighted by atomic mass is 16.5. The molecule has 56 valence electrons. The lowest BCUT2D eigenvalue weighted by molar-refractivity contribution is -0.121. The first-order valence-electron chi connectivity index (χ1n) is 3.23. The number of hydrogen-bond donors (Lipinski definition) is 1. The third-order valence-corrected chi connectivity index (χ3v) is 1.56. The van der Waals surface area contributed by atoms with E-state index in [2.05, 4.69) is 10.3 Å². The fourth-order valence-corrected chi connectivity index (χ4v) is 0.997. The molecule has 0 bridgehead atoms. The van der Waals surface area contributed by atoms with Crippen LogP contribution in [0, 0.1) is 5.92 Å². The number of nitrogens with one attached hydrogen (secondary N) is 1. The molecule has 0 aliphatic carbocycles. The zero-order valence-electron chi connectivity index (χ0n) is 5.65. The molecular weight excluding hydrogens is 144 g/mol. The van der Waals surface area contributed by atoms with E-state index in [0.717, 1.165) is 0 Å². The number of carbonyl (C=O) groups is 1. The van der Waals surface area contributed by atoms with Crippen molar-refractivity contribution in [3.05, 3.63) is 24.3 Å².